The number of aryl methyl sites for hydroxylation is 2. The molecular formula is C23H27N3O2S. The molecule has 6 heteroatoms. The maximum atomic E-state index is 12.5. The zero-order chi connectivity index (χ0) is 20.8. The maximum Gasteiger partial charge on any atom is 0.277 e. The smallest absolute Gasteiger partial charge is 0.277 e. The lowest BCUT2D eigenvalue weighted by molar-refractivity contribution is -0.119. The molecule has 152 valence electrons. The van der Waals surface area contributed by atoms with Gasteiger partial charge in [-0.1, -0.05) is 62.0 Å². The average molecular weight is 410 g/mol. The Bertz CT molecular complexity index is 954. The molecule has 1 aromatic heterocycles. The third kappa shape index (κ3) is 5.94. The molecule has 0 saturated heterocycles. The molecule has 0 fully saturated rings. The molecule has 0 saturated carbocycles. The van der Waals surface area contributed by atoms with Crippen molar-refractivity contribution < 1.29 is 9.21 Å². The molecule has 0 spiro atoms. The fraction of sp³-hybridized carbons (Fsp3) is 0.348. The minimum atomic E-state index is -0.0459. The van der Waals surface area contributed by atoms with Crippen molar-refractivity contribution >= 4 is 17.7 Å². The molecule has 2 aromatic carbocycles. The van der Waals surface area contributed by atoms with E-state index >= 15 is 0 Å². The first-order valence-electron chi connectivity index (χ1n) is 9.80. The summed E-state index contributed by atoms with van der Waals surface area (Å²) in [5.41, 5.74) is 4.40. The largest absolute Gasteiger partial charge is 0.411 e. The molecule has 3 aromatic rings. The van der Waals surface area contributed by atoms with Crippen molar-refractivity contribution in [3.8, 4) is 11.5 Å². The molecule has 0 aliphatic rings. The van der Waals surface area contributed by atoms with Crippen LogP contribution in [0.2, 0.25) is 0 Å². The predicted octanol–water partition coefficient (Wildman–Crippen LogP) is 5.35. The molecule has 0 unspecified atom stereocenters. The minimum Gasteiger partial charge on any atom is -0.411 e. The molecule has 1 N–H and O–H groups in total. The summed E-state index contributed by atoms with van der Waals surface area (Å²) in [6.45, 7) is 8.43. The van der Waals surface area contributed by atoms with Crippen LogP contribution in [0.25, 0.3) is 11.5 Å². The number of rotatable bonds is 8. The number of aromatic nitrogens is 2. The normalized spacial score (nSPS) is 12.2. The van der Waals surface area contributed by atoms with Crippen LogP contribution in [0, 0.1) is 19.8 Å². The summed E-state index contributed by atoms with van der Waals surface area (Å²) in [4.78, 5) is 12.5. The van der Waals surface area contributed by atoms with E-state index in [1.165, 1.54) is 22.9 Å². The van der Waals surface area contributed by atoms with Crippen LogP contribution in [0.3, 0.4) is 0 Å². The van der Waals surface area contributed by atoms with Gasteiger partial charge < -0.3 is 9.73 Å². The molecule has 0 radical (unpaired) electrons. The van der Waals surface area contributed by atoms with E-state index in [4.69, 9.17) is 4.42 Å². The third-order valence-corrected chi connectivity index (χ3v) is 5.55. The number of hydrogen-bond acceptors (Lipinski definition) is 5. The predicted molar refractivity (Wildman–Crippen MR) is 117 cm³/mol. The Morgan fingerprint density at radius 3 is 2.52 bits per heavy atom. The van der Waals surface area contributed by atoms with E-state index in [9.17, 15) is 4.79 Å². The van der Waals surface area contributed by atoms with E-state index in [1.54, 1.807) is 0 Å². The first kappa shape index (κ1) is 21.1. The van der Waals surface area contributed by atoms with Gasteiger partial charge in [0.25, 0.3) is 5.22 Å². The maximum absolute atomic E-state index is 12.5. The van der Waals surface area contributed by atoms with Crippen LogP contribution in [0.4, 0.5) is 0 Å². The van der Waals surface area contributed by atoms with Crippen LogP contribution in [0.5, 0.6) is 0 Å². The van der Waals surface area contributed by atoms with Gasteiger partial charge in [0.2, 0.25) is 11.8 Å². The number of carbonyl (C=O) groups excluding carboxylic acids is 1. The van der Waals surface area contributed by atoms with Crippen molar-refractivity contribution in [3.05, 3.63) is 65.2 Å². The van der Waals surface area contributed by atoms with Crippen LogP contribution in [0.15, 0.2) is 58.2 Å². The molecule has 0 aliphatic carbocycles. The summed E-state index contributed by atoms with van der Waals surface area (Å²) in [6.07, 6.45) is 0.887. The third-order valence-electron chi connectivity index (χ3n) is 4.73. The molecule has 1 heterocycles. The Morgan fingerprint density at radius 2 is 1.83 bits per heavy atom. The summed E-state index contributed by atoms with van der Waals surface area (Å²) in [7, 11) is 0. The fourth-order valence-corrected chi connectivity index (χ4v) is 3.63. The van der Waals surface area contributed by atoms with Gasteiger partial charge in [0.15, 0.2) is 0 Å². The number of hydrogen-bond donors (Lipinski definition) is 1. The minimum absolute atomic E-state index is 0.00178. The summed E-state index contributed by atoms with van der Waals surface area (Å²) in [5, 5.41) is 11.7. The molecule has 29 heavy (non-hydrogen) atoms. The second-order valence-corrected chi connectivity index (χ2v) is 8.55. The van der Waals surface area contributed by atoms with Crippen LogP contribution in [-0.4, -0.2) is 21.9 Å². The quantitative estimate of drug-likeness (QED) is 0.508. The molecule has 5 nitrogen and oxygen atoms in total. The number of carbonyl (C=O) groups is 1. The van der Waals surface area contributed by atoms with E-state index in [0.717, 1.165) is 17.5 Å². The molecule has 0 bridgehead atoms. The molecule has 3 rings (SSSR count). The zero-order valence-electron chi connectivity index (χ0n) is 17.3. The highest BCUT2D eigenvalue weighted by molar-refractivity contribution is 7.99. The fourth-order valence-electron chi connectivity index (χ4n) is 3.06. The summed E-state index contributed by atoms with van der Waals surface area (Å²) < 4.78 is 5.73. The lowest BCUT2D eigenvalue weighted by Gasteiger charge is -2.21. The Labute approximate surface area is 176 Å². The Balaban J connectivity index is 1.60. The second-order valence-electron chi connectivity index (χ2n) is 7.62. The van der Waals surface area contributed by atoms with E-state index in [0.29, 0.717) is 17.0 Å². The van der Waals surface area contributed by atoms with Gasteiger partial charge in [-0.15, -0.1) is 10.2 Å². The molecular weight excluding hydrogens is 382 g/mol. The SMILES string of the molecule is Cc1ccc(-c2nnc(SCC(=O)N[C@H](CC(C)C)c3ccccc3)o2)cc1C. The first-order valence-corrected chi connectivity index (χ1v) is 10.8. The second kappa shape index (κ2) is 9.74. The average Bonchev–Trinajstić information content (AvgIpc) is 3.17. The molecule has 1 amide bonds. The number of nitrogens with one attached hydrogen (secondary N) is 1. The van der Waals surface area contributed by atoms with Gasteiger partial charge in [-0.2, -0.15) is 0 Å². The lowest BCUT2D eigenvalue weighted by Crippen LogP contribution is -2.30. The standard InChI is InChI=1S/C23H27N3O2S/c1-15(2)12-20(18-8-6-5-7-9-18)24-21(27)14-29-23-26-25-22(28-23)19-11-10-16(3)17(4)13-19/h5-11,13,15,20H,12,14H2,1-4H3,(H,24,27)/t20-/m1/s1. The molecule has 1 atom stereocenters. The zero-order valence-corrected chi connectivity index (χ0v) is 18.1. The lowest BCUT2D eigenvalue weighted by atomic mass is 9.97. The number of thioether (sulfide) groups is 1. The monoisotopic (exact) mass is 409 g/mol. The van der Waals surface area contributed by atoms with E-state index in [1.807, 2.05) is 48.5 Å². The van der Waals surface area contributed by atoms with Gasteiger partial charge in [0, 0.05) is 5.56 Å². The van der Waals surface area contributed by atoms with Crippen molar-refractivity contribution in [3.63, 3.8) is 0 Å². The van der Waals surface area contributed by atoms with Crippen molar-refractivity contribution in [2.24, 2.45) is 5.92 Å². The topological polar surface area (TPSA) is 68.0 Å². The van der Waals surface area contributed by atoms with E-state index in [2.05, 4.69) is 43.2 Å². The van der Waals surface area contributed by atoms with Crippen molar-refractivity contribution in [2.75, 3.05) is 5.75 Å². The van der Waals surface area contributed by atoms with Crippen LogP contribution in [-0.2, 0) is 4.79 Å². The van der Waals surface area contributed by atoms with Crippen LogP contribution in [0.1, 0.15) is 43.0 Å². The highest BCUT2D eigenvalue weighted by Crippen LogP contribution is 2.25. The van der Waals surface area contributed by atoms with Gasteiger partial charge in [-0.3, -0.25) is 4.79 Å². The van der Waals surface area contributed by atoms with Crippen LogP contribution < -0.4 is 5.32 Å². The van der Waals surface area contributed by atoms with E-state index in [-0.39, 0.29) is 17.7 Å². The first-order chi connectivity index (χ1) is 13.9. The molecule has 0 aliphatic heterocycles. The van der Waals surface area contributed by atoms with Gasteiger partial charge in [-0.25, -0.2) is 0 Å². The van der Waals surface area contributed by atoms with Gasteiger partial charge >= 0.3 is 0 Å². The van der Waals surface area contributed by atoms with E-state index < -0.39 is 0 Å². The number of nitrogens with zero attached hydrogens (tertiary/aromatic N) is 2. The number of benzene rings is 2. The van der Waals surface area contributed by atoms with Gasteiger partial charge in [0.1, 0.15) is 0 Å². The van der Waals surface area contributed by atoms with Crippen LogP contribution >= 0.6 is 11.8 Å². The summed E-state index contributed by atoms with van der Waals surface area (Å²) in [6, 6.07) is 16.1. The highest BCUT2D eigenvalue weighted by atomic mass is 32.2. The highest BCUT2D eigenvalue weighted by Gasteiger charge is 2.17. The summed E-state index contributed by atoms with van der Waals surface area (Å²) >= 11 is 1.26. The number of amides is 1. The Hall–Kier alpha value is -2.60. The van der Waals surface area contributed by atoms with Crippen molar-refractivity contribution in [1.29, 1.82) is 0 Å². The van der Waals surface area contributed by atoms with Crippen molar-refractivity contribution in [2.45, 2.75) is 45.4 Å². The summed E-state index contributed by atoms with van der Waals surface area (Å²) in [5.74, 6) is 1.13. The van der Waals surface area contributed by atoms with Gasteiger partial charge in [-0.05, 0) is 55.0 Å². The Kier molecular flexibility index (Phi) is 7.09. The van der Waals surface area contributed by atoms with Crippen molar-refractivity contribution in [1.82, 2.24) is 15.5 Å². The van der Waals surface area contributed by atoms with Gasteiger partial charge in [0.05, 0.1) is 11.8 Å². The Morgan fingerprint density at radius 1 is 1.07 bits per heavy atom.